The van der Waals surface area contributed by atoms with E-state index in [0.717, 1.165) is 19.3 Å². The Labute approximate surface area is 135 Å². The average molecular weight is 358 g/mol. The van der Waals surface area contributed by atoms with Crippen LogP contribution in [-0.4, -0.2) is 64.8 Å². The van der Waals surface area contributed by atoms with Gasteiger partial charge < -0.3 is 24.9 Å². The molecule has 138 valence electrons. The van der Waals surface area contributed by atoms with Crippen LogP contribution < -0.4 is 0 Å². The highest BCUT2D eigenvalue weighted by atomic mass is 31.2. The molecular formula is C13H27O9P. The largest absolute Gasteiger partial charge is 0.472 e. The number of aliphatic hydroxyl groups is 3. The van der Waals surface area contributed by atoms with Crippen LogP contribution in [0, 0.1) is 0 Å². The second-order valence-electron chi connectivity index (χ2n) is 5.00. The Hall–Kier alpha value is -0.540. The van der Waals surface area contributed by atoms with Crippen molar-refractivity contribution in [3.8, 4) is 0 Å². The Balaban J connectivity index is 4.07. The number of aliphatic hydroxyl groups excluding tert-OH is 3. The molecule has 10 heteroatoms. The molecule has 0 spiro atoms. The number of carbonyl (C=O) groups excluding carboxylic acids is 1. The van der Waals surface area contributed by atoms with Gasteiger partial charge in [-0.15, -0.1) is 0 Å². The van der Waals surface area contributed by atoms with Gasteiger partial charge in [0, 0.05) is 6.42 Å². The minimum Gasteiger partial charge on any atom is -0.457 e. The lowest BCUT2D eigenvalue weighted by atomic mass is 10.1. The van der Waals surface area contributed by atoms with Crippen molar-refractivity contribution in [1.82, 2.24) is 0 Å². The average Bonchev–Trinajstić information content (AvgIpc) is 2.53. The maximum Gasteiger partial charge on any atom is 0.472 e. The number of hydrogen-bond donors (Lipinski definition) is 4. The molecule has 0 aromatic heterocycles. The summed E-state index contributed by atoms with van der Waals surface area (Å²) >= 11 is 0. The van der Waals surface area contributed by atoms with Gasteiger partial charge >= 0.3 is 13.8 Å². The first-order valence-electron chi connectivity index (χ1n) is 7.55. The summed E-state index contributed by atoms with van der Waals surface area (Å²) < 4.78 is 25.4. The standard InChI is InChI=1S/C13H27O9P/c1-2-3-4-5-6-13(17)22-12(8-15)10-21-23(18,19)20-9-11(16)7-14/h11-12,14-16H,2-10H2,1H3,(H,18,19)/t11-,12+/m0/s1. The first-order valence-corrected chi connectivity index (χ1v) is 9.05. The molecule has 0 radical (unpaired) electrons. The fourth-order valence-electron chi connectivity index (χ4n) is 1.51. The highest BCUT2D eigenvalue weighted by molar-refractivity contribution is 7.47. The van der Waals surface area contributed by atoms with Crippen molar-refractivity contribution >= 4 is 13.8 Å². The van der Waals surface area contributed by atoms with Crippen LogP contribution in [0.25, 0.3) is 0 Å². The van der Waals surface area contributed by atoms with Gasteiger partial charge in [-0.25, -0.2) is 4.57 Å². The van der Waals surface area contributed by atoms with Crippen molar-refractivity contribution in [2.45, 2.75) is 51.2 Å². The molecule has 3 atom stereocenters. The van der Waals surface area contributed by atoms with Crippen molar-refractivity contribution in [3.05, 3.63) is 0 Å². The van der Waals surface area contributed by atoms with E-state index in [9.17, 15) is 14.3 Å². The smallest absolute Gasteiger partial charge is 0.457 e. The lowest BCUT2D eigenvalue weighted by Gasteiger charge is -2.18. The minimum absolute atomic E-state index is 0.201. The number of esters is 1. The maximum absolute atomic E-state index is 11.5. The molecule has 23 heavy (non-hydrogen) atoms. The van der Waals surface area contributed by atoms with Crippen LogP contribution in [0.5, 0.6) is 0 Å². The molecule has 0 bridgehead atoms. The van der Waals surface area contributed by atoms with Gasteiger partial charge in [-0.2, -0.15) is 0 Å². The van der Waals surface area contributed by atoms with Gasteiger partial charge in [0.1, 0.15) is 12.2 Å². The van der Waals surface area contributed by atoms with Crippen LogP contribution in [0.2, 0.25) is 0 Å². The predicted octanol–water partition coefficient (Wildman–Crippen LogP) is 0.348. The molecule has 9 nitrogen and oxygen atoms in total. The van der Waals surface area contributed by atoms with Crippen LogP contribution in [0.15, 0.2) is 0 Å². The lowest BCUT2D eigenvalue weighted by molar-refractivity contribution is -0.153. The van der Waals surface area contributed by atoms with E-state index in [2.05, 4.69) is 9.05 Å². The molecule has 0 aliphatic heterocycles. The van der Waals surface area contributed by atoms with Crippen LogP contribution in [0.4, 0.5) is 0 Å². The van der Waals surface area contributed by atoms with E-state index in [4.69, 9.17) is 20.1 Å². The highest BCUT2D eigenvalue weighted by Gasteiger charge is 2.25. The zero-order valence-electron chi connectivity index (χ0n) is 13.3. The van der Waals surface area contributed by atoms with E-state index in [1.165, 1.54) is 0 Å². The first-order chi connectivity index (χ1) is 10.8. The van der Waals surface area contributed by atoms with Crippen molar-refractivity contribution in [2.24, 2.45) is 0 Å². The minimum atomic E-state index is -4.47. The molecule has 0 aliphatic rings. The second kappa shape index (κ2) is 12.8. The Morgan fingerprint density at radius 1 is 1.09 bits per heavy atom. The summed E-state index contributed by atoms with van der Waals surface area (Å²) in [5.74, 6) is -0.520. The summed E-state index contributed by atoms with van der Waals surface area (Å²) in [7, 11) is -4.47. The lowest BCUT2D eigenvalue weighted by Crippen LogP contribution is -2.27. The van der Waals surface area contributed by atoms with E-state index in [-0.39, 0.29) is 6.42 Å². The van der Waals surface area contributed by atoms with Gasteiger partial charge in [0.2, 0.25) is 0 Å². The first kappa shape index (κ1) is 22.5. The van der Waals surface area contributed by atoms with Crippen molar-refractivity contribution in [3.63, 3.8) is 0 Å². The van der Waals surface area contributed by atoms with Crippen molar-refractivity contribution < 1.29 is 43.4 Å². The molecule has 0 fully saturated rings. The zero-order chi connectivity index (χ0) is 17.7. The fraction of sp³-hybridized carbons (Fsp3) is 0.923. The topological polar surface area (TPSA) is 143 Å². The molecule has 0 saturated carbocycles. The van der Waals surface area contributed by atoms with Crippen molar-refractivity contribution in [2.75, 3.05) is 26.4 Å². The number of rotatable bonds is 14. The van der Waals surface area contributed by atoms with Crippen molar-refractivity contribution in [1.29, 1.82) is 0 Å². The van der Waals surface area contributed by atoms with Crippen LogP contribution >= 0.6 is 7.82 Å². The summed E-state index contributed by atoms with van der Waals surface area (Å²) in [4.78, 5) is 20.9. The number of carbonyl (C=O) groups is 1. The maximum atomic E-state index is 11.5. The van der Waals surface area contributed by atoms with Crippen LogP contribution in [0.3, 0.4) is 0 Å². The zero-order valence-corrected chi connectivity index (χ0v) is 14.2. The predicted molar refractivity (Wildman–Crippen MR) is 80.5 cm³/mol. The monoisotopic (exact) mass is 358 g/mol. The Morgan fingerprint density at radius 3 is 2.30 bits per heavy atom. The van der Waals surface area contributed by atoms with Crippen LogP contribution in [-0.2, 0) is 23.1 Å². The Bertz CT molecular complexity index is 363. The molecule has 0 heterocycles. The molecule has 1 unspecified atom stereocenters. The summed E-state index contributed by atoms with van der Waals surface area (Å²) in [6, 6.07) is 0. The number of phosphoric ester groups is 1. The number of hydrogen-bond acceptors (Lipinski definition) is 8. The van der Waals surface area contributed by atoms with E-state index < -0.39 is 52.4 Å². The van der Waals surface area contributed by atoms with Gasteiger partial charge in [0.05, 0.1) is 26.4 Å². The third-order valence-corrected chi connectivity index (χ3v) is 3.75. The highest BCUT2D eigenvalue weighted by Crippen LogP contribution is 2.43. The molecule has 4 N–H and O–H groups in total. The van der Waals surface area contributed by atoms with E-state index >= 15 is 0 Å². The van der Waals surface area contributed by atoms with E-state index in [1.54, 1.807) is 0 Å². The summed E-state index contributed by atoms with van der Waals surface area (Å²) in [5.41, 5.74) is 0. The molecule has 0 rings (SSSR count). The number of phosphoric acid groups is 1. The second-order valence-corrected chi connectivity index (χ2v) is 6.46. The number of unbranched alkanes of at least 4 members (excludes halogenated alkanes) is 3. The van der Waals surface area contributed by atoms with Gasteiger partial charge in [0.25, 0.3) is 0 Å². The van der Waals surface area contributed by atoms with Gasteiger partial charge in [0.15, 0.2) is 0 Å². The molecule has 0 aromatic rings. The molecular weight excluding hydrogens is 331 g/mol. The SMILES string of the molecule is CCCCCCC(=O)O[C@H](CO)COP(=O)(O)OC[C@@H](O)CO. The summed E-state index contributed by atoms with van der Waals surface area (Å²) in [6.45, 7) is -0.271. The molecule has 0 aromatic carbocycles. The molecule has 0 amide bonds. The number of ether oxygens (including phenoxy) is 1. The van der Waals surface area contributed by atoms with Gasteiger partial charge in [-0.3, -0.25) is 13.8 Å². The summed E-state index contributed by atoms with van der Waals surface area (Å²) in [5, 5.41) is 26.7. The van der Waals surface area contributed by atoms with E-state index in [0.29, 0.717) is 6.42 Å². The third kappa shape index (κ3) is 12.5. The van der Waals surface area contributed by atoms with Gasteiger partial charge in [-0.1, -0.05) is 26.2 Å². The molecule has 0 aliphatic carbocycles. The Kier molecular flexibility index (Phi) is 12.5. The molecule has 0 saturated heterocycles. The fourth-order valence-corrected chi connectivity index (χ4v) is 2.30. The van der Waals surface area contributed by atoms with E-state index in [1.807, 2.05) is 6.92 Å². The summed E-state index contributed by atoms with van der Waals surface area (Å²) in [6.07, 6.45) is 1.44. The Morgan fingerprint density at radius 2 is 1.74 bits per heavy atom. The van der Waals surface area contributed by atoms with Crippen LogP contribution in [0.1, 0.15) is 39.0 Å². The normalized spacial score (nSPS) is 16.6. The third-order valence-electron chi connectivity index (χ3n) is 2.80. The van der Waals surface area contributed by atoms with Gasteiger partial charge in [-0.05, 0) is 6.42 Å². The quantitative estimate of drug-likeness (QED) is 0.196.